The van der Waals surface area contributed by atoms with Gasteiger partial charge in [-0.1, -0.05) is 12.1 Å². The van der Waals surface area contributed by atoms with Crippen molar-refractivity contribution in [2.75, 3.05) is 5.32 Å². The summed E-state index contributed by atoms with van der Waals surface area (Å²) in [5, 5.41) is 17.8. The van der Waals surface area contributed by atoms with Gasteiger partial charge in [-0.25, -0.2) is 4.68 Å². The number of rotatable bonds is 6. The summed E-state index contributed by atoms with van der Waals surface area (Å²) in [5.74, 6) is 0.358. The Labute approximate surface area is 167 Å². The zero-order valence-electron chi connectivity index (χ0n) is 15.7. The van der Waals surface area contributed by atoms with Gasteiger partial charge in [0.2, 0.25) is 0 Å². The van der Waals surface area contributed by atoms with Crippen LogP contribution < -0.4 is 10.1 Å². The van der Waals surface area contributed by atoms with Gasteiger partial charge >= 0.3 is 0 Å². The number of aromatic nitrogens is 2. The number of nitro benzene ring substituents is 1. The lowest BCUT2D eigenvalue weighted by Gasteiger charge is -2.16. The fourth-order valence-corrected chi connectivity index (χ4v) is 3.36. The molecule has 1 amide bonds. The maximum Gasteiger partial charge on any atom is 0.269 e. The monoisotopic (exact) mass is 392 g/mol. The molecule has 1 fully saturated rings. The summed E-state index contributed by atoms with van der Waals surface area (Å²) < 4.78 is 7.56. The number of nitrogens with one attached hydrogen (secondary N) is 1. The first-order valence-corrected chi connectivity index (χ1v) is 9.47. The second kappa shape index (κ2) is 8.14. The number of hydrogen-bond acceptors (Lipinski definition) is 5. The van der Waals surface area contributed by atoms with Crippen molar-refractivity contribution >= 4 is 17.3 Å². The van der Waals surface area contributed by atoms with Gasteiger partial charge in [0, 0.05) is 18.3 Å². The standard InChI is InChI=1S/C21H20N4O4/c26-21(23-19-7-3-4-8-20(19)29-18-5-1-2-6-18)15-13-22-24(14-15)16-9-11-17(12-10-16)25(27)28/h3-4,7-14,18H,1-2,5-6H2,(H,23,26). The highest BCUT2D eigenvalue weighted by Crippen LogP contribution is 2.30. The van der Waals surface area contributed by atoms with Crippen LogP contribution in [0.4, 0.5) is 11.4 Å². The summed E-state index contributed by atoms with van der Waals surface area (Å²) in [6.45, 7) is 0. The molecule has 1 aliphatic rings. The average molecular weight is 392 g/mol. The molecule has 148 valence electrons. The van der Waals surface area contributed by atoms with Crippen molar-refractivity contribution in [1.29, 1.82) is 0 Å². The van der Waals surface area contributed by atoms with Gasteiger partial charge in [0.25, 0.3) is 11.6 Å². The zero-order valence-corrected chi connectivity index (χ0v) is 15.7. The van der Waals surface area contributed by atoms with Gasteiger partial charge in [-0.05, 0) is 49.9 Å². The number of benzene rings is 2. The molecule has 8 nitrogen and oxygen atoms in total. The van der Waals surface area contributed by atoms with Crippen LogP contribution in [0.2, 0.25) is 0 Å². The Morgan fingerprint density at radius 2 is 1.86 bits per heavy atom. The molecule has 0 unspecified atom stereocenters. The fraction of sp³-hybridized carbons (Fsp3) is 0.238. The fourth-order valence-electron chi connectivity index (χ4n) is 3.36. The third-order valence-corrected chi connectivity index (χ3v) is 4.90. The predicted molar refractivity (Wildman–Crippen MR) is 107 cm³/mol. The third kappa shape index (κ3) is 4.26. The molecule has 4 rings (SSSR count). The molecule has 1 aromatic heterocycles. The predicted octanol–water partition coefficient (Wildman–Crippen LogP) is 4.35. The number of anilines is 1. The molecule has 8 heteroatoms. The lowest BCUT2D eigenvalue weighted by atomic mass is 10.2. The van der Waals surface area contributed by atoms with Gasteiger partial charge in [-0.3, -0.25) is 14.9 Å². The number of ether oxygens (including phenoxy) is 1. The molecular weight excluding hydrogens is 372 g/mol. The number of carbonyl (C=O) groups excluding carboxylic acids is 1. The Bertz CT molecular complexity index is 1020. The molecule has 0 spiro atoms. The Morgan fingerprint density at radius 1 is 1.14 bits per heavy atom. The van der Waals surface area contributed by atoms with E-state index in [2.05, 4.69) is 10.4 Å². The molecule has 2 aromatic carbocycles. The summed E-state index contributed by atoms with van der Waals surface area (Å²) in [7, 11) is 0. The molecule has 0 bridgehead atoms. The van der Waals surface area contributed by atoms with E-state index < -0.39 is 4.92 Å². The number of amides is 1. The molecule has 29 heavy (non-hydrogen) atoms. The van der Waals surface area contributed by atoms with Gasteiger partial charge in [0.1, 0.15) is 5.75 Å². The number of para-hydroxylation sites is 2. The maximum absolute atomic E-state index is 12.7. The molecular formula is C21H20N4O4. The van der Waals surface area contributed by atoms with Gasteiger partial charge in [-0.15, -0.1) is 0 Å². The molecule has 0 saturated heterocycles. The van der Waals surface area contributed by atoms with Crippen molar-refractivity contribution in [1.82, 2.24) is 9.78 Å². The van der Waals surface area contributed by atoms with E-state index in [1.54, 1.807) is 18.3 Å². The van der Waals surface area contributed by atoms with E-state index >= 15 is 0 Å². The number of nitrogens with zero attached hydrogens (tertiary/aromatic N) is 3. The van der Waals surface area contributed by atoms with Crippen molar-refractivity contribution in [3.05, 3.63) is 76.6 Å². The minimum atomic E-state index is -0.461. The first kappa shape index (κ1) is 18.7. The smallest absolute Gasteiger partial charge is 0.269 e. The molecule has 0 aliphatic heterocycles. The maximum atomic E-state index is 12.7. The van der Waals surface area contributed by atoms with Gasteiger partial charge in [0.15, 0.2) is 0 Å². The van der Waals surface area contributed by atoms with E-state index in [1.807, 2.05) is 24.3 Å². The first-order valence-electron chi connectivity index (χ1n) is 9.47. The van der Waals surface area contributed by atoms with Crippen LogP contribution in [0, 0.1) is 10.1 Å². The summed E-state index contributed by atoms with van der Waals surface area (Å²) >= 11 is 0. The molecule has 0 atom stereocenters. The van der Waals surface area contributed by atoms with E-state index in [0.29, 0.717) is 22.7 Å². The van der Waals surface area contributed by atoms with Gasteiger partial charge < -0.3 is 10.1 Å². The normalized spacial score (nSPS) is 13.9. The lowest BCUT2D eigenvalue weighted by Crippen LogP contribution is -2.15. The third-order valence-electron chi connectivity index (χ3n) is 4.90. The summed E-state index contributed by atoms with van der Waals surface area (Å²) in [6.07, 6.45) is 7.63. The minimum Gasteiger partial charge on any atom is -0.488 e. The highest BCUT2D eigenvalue weighted by atomic mass is 16.6. The van der Waals surface area contributed by atoms with Crippen molar-refractivity contribution in [2.24, 2.45) is 0 Å². The minimum absolute atomic E-state index is 0.00209. The highest BCUT2D eigenvalue weighted by Gasteiger charge is 2.19. The van der Waals surface area contributed by atoms with Gasteiger partial charge in [-0.2, -0.15) is 5.10 Å². The van der Waals surface area contributed by atoms with Crippen molar-refractivity contribution < 1.29 is 14.5 Å². The molecule has 1 saturated carbocycles. The topological polar surface area (TPSA) is 99.3 Å². The van der Waals surface area contributed by atoms with Crippen molar-refractivity contribution in [2.45, 2.75) is 31.8 Å². The Hall–Kier alpha value is -3.68. The Morgan fingerprint density at radius 3 is 2.59 bits per heavy atom. The lowest BCUT2D eigenvalue weighted by molar-refractivity contribution is -0.384. The van der Waals surface area contributed by atoms with E-state index in [4.69, 9.17) is 4.74 Å². The second-order valence-corrected chi connectivity index (χ2v) is 6.92. The molecule has 1 aliphatic carbocycles. The SMILES string of the molecule is O=C(Nc1ccccc1OC1CCCC1)c1cnn(-c2ccc([N+](=O)[O-])cc2)c1. The van der Waals surface area contributed by atoms with E-state index in [1.165, 1.54) is 35.9 Å². The zero-order chi connectivity index (χ0) is 20.2. The van der Waals surface area contributed by atoms with Crippen LogP contribution in [0.5, 0.6) is 5.75 Å². The van der Waals surface area contributed by atoms with E-state index in [-0.39, 0.29) is 17.7 Å². The first-order chi connectivity index (χ1) is 14.1. The number of hydrogen-bond donors (Lipinski definition) is 1. The molecule has 1 heterocycles. The van der Waals surface area contributed by atoms with Crippen LogP contribution in [-0.4, -0.2) is 26.7 Å². The molecule has 3 aromatic rings. The largest absolute Gasteiger partial charge is 0.488 e. The molecule has 0 radical (unpaired) electrons. The number of carbonyl (C=O) groups is 1. The Balaban J connectivity index is 1.48. The van der Waals surface area contributed by atoms with Crippen LogP contribution in [0.15, 0.2) is 60.9 Å². The van der Waals surface area contributed by atoms with E-state index in [9.17, 15) is 14.9 Å². The van der Waals surface area contributed by atoms with Crippen LogP contribution in [0.1, 0.15) is 36.0 Å². The van der Waals surface area contributed by atoms with Crippen LogP contribution in [0.3, 0.4) is 0 Å². The number of nitro groups is 1. The number of non-ortho nitro benzene ring substituents is 1. The summed E-state index contributed by atoms with van der Waals surface area (Å²) in [4.78, 5) is 23.0. The van der Waals surface area contributed by atoms with Crippen molar-refractivity contribution in [3.63, 3.8) is 0 Å². The quantitative estimate of drug-likeness (QED) is 0.496. The molecule has 1 N–H and O–H groups in total. The van der Waals surface area contributed by atoms with E-state index in [0.717, 1.165) is 12.8 Å². The second-order valence-electron chi connectivity index (χ2n) is 6.92. The van der Waals surface area contributed by atoms with Crippen LogP contribution in [-0.2, 0) is 0 Å². The summed E-state index contributed by atoms with van der Waals surface area (Å²) in [6, 6.07) is 13.3. The average Bonchev–Trinajstić information content (AvgIpc) is 3.42. The van der Waals surface area contributed by atoms with Gasteiger partial charge in [0.05, 0.1) is 34.2 Å². The highest BCUT2D eigenvalue weighted by molar-refractivity contribution is 6.04. The van der Waals surface area contributed by atoms with Crippen LogP contribution >= 0.6 is 0 Å². The van der Waals surface area contributed by atoms with Crippen LogP contribution in [0.25, 0.3) is 5.69 Å². The summed E-state index contributed by atoms with van der Waals surface area (Å²) in [5.41, 5.74) is 1.61. The van der Waals surface area contributed by atoms with Crippen molar-refractivity contribution in [3.8, 4) is 11.4 Å². The Kier molecular flexibility index (Phi) is 5.24.